The lowest BCUT2D eigenvalue weighted by Crippen LogP contribution is -1.97. The van der Waals surface area contributed by atoms with Crippen LogP contribution in [0.25, 0.3) is 0 Å². The Labute approximate surface area is 99.3 Å². The van der Waals surface area contributed by atoms with Crippen molar-refractivity contribution in [3.8, 4) is 5.75 Å². The maximum Gasteiger partial charge on any atom is 0.186 e. The van der Waals surface area contributed by atoms with Crippen LogP contribution in [0.15, 0.2) is 29.2 Å². The second-order valence-corrected chi connectivity index (χ2v) is 4.66. The third kappa shape index (κ3) is 3.93. The van der Waals surface area contributed by atoms with E-state index >= 15 is 0 Å². The molecule has 5 heteroatoms. The molecule has 0 heterocycles. The molecule has 1 N–H and O–H groups in total. The van der Waals surface area contributed by atoms with Crippen LogP contribution in [0.5, 0.6) is 5.75 Å². The van der Waals surface area contributed by atoms with Crippen molar-refractivity contribution in [2.75, 3.05) is 11.0 Å². The van der Waals surface area contributed by atoms with Gasteiger partial charge in [-0.05, 0) is 30.7 Å². The zero-order chi connectivity index (χ0) is 10.4. The van der Waals surface area contributed by atoms with Gasteiger partial charge in [-0.3, -0.25) is 0 Å². The lowest BCUT2D eigenvalue weighted by Gasteiger charge is -2.04. The lowest BCUT2D eigenvalue weighted by molar-refractivity contribution is 0.319. The number of alkyl halides is 1. The van der Waals surface area contributed by atoms with Gasteiger partial charge >= 0.3 is 0 Å². The molecule has 1 aromatic rings. The molecule has 0 bridgehead atoms. The van der Waals surface area contributed by atoms with Crippen LogP contribution in [0.4, 0.5) is 0 Å². The second kappa shape index (κ2) is 6.36. The van der Waals surface area contributed by atoms with E-state index in [1.54, 1.807) is 24.3 Å². The van der Waals surface area contributed by atoms with Crippen molar-refractivity contribution in [2.45, 2.75) is 11.3 Å². The van der Waals surface area contributed by atoms with E-state index < -0.39 is 11.1 Å². The molecule has 0 saturated carbocycles. The Morgan fingerprint density at radius 1 is 1.36 bits per heavy atom. The van der Waals surface area contributed by atoms with Gasteiger partial charge in [0.2, 0.25) is 0 Å². The number of rotatable bonds is 5. The predicted molar refractivity (Wildman–Crippen MR) is 64.5 cm³/mol. The molecule has 1 atom stereocenters. The fraction of sp³-hybridized carbons (Fsp3) is 0.333. The average molecular weight is 326 g/mol. The highest BCUT2D eigenvalue weighted by Gasteiger charge is 1.99. The smallest absolute Gasteiger partial charge is 0.186 e. The highest BCUT2D eigenvalue weighted by Crippen LogP contribution is 2.14. The summed E-state index contributed by atoms with van der Waals surface area (Å²) in [4.78, 5) is 0.395. The molecule has 0 aromatic heterocycles. The Kier molecular flexibility index (Phi) is 5.42. The Morgan fingerprint density at radius 2 is 2.00 bits per heavy atom. The van der Waals surface area contributed by atoms with Crippen LogP contribution in [-0.4, -0.2) is 19.8 Å². The topological polar surface area (TPSA) is 46.5 Å². The maximum atomic E-state index is 10.6. The predicted octanol–water partition coefficient (Wildman–Crippen LogP) is 2.47. The van der Waals surface area contributed by atoms with E-state index in [2.05, 4.69) is 22.6 Å². The van der Waals surface area contributed by atoms with Crippen molar-refractivity contribution in [3.05, 3.63) is 24.3 Å². The second-order valence-electron chi connectivity index (χ2n) is 2.61. The Balaban J connectivity index is 2.51. The minimum absolute atomic E-state index is 0.395. The monoisotopic (exact) mass is 326 g/mol. The van der Waals surface area contributed by atoms with Crippen LogP contribution in [0, 0.1) is 0 Å². The normalized spacial score (nSPS) is 12.4. The van der Waals surface area contributed by atoms with Gasteiger partial charge in [-0.1, -0.05) is 22.6 Å². The summed E-state index contributed by atoms with van der Waals surface area (Å²) in [5, 5.41) is 0. The van der Waals surface area contributed by atoms with Gasteiger partial charge in [-0.2, -0.15) is 0 Å². The minimum atomic E-state index is -1.90. The molecule has 78 valence electrons. The first-order valence-electron chi connectivity index (χ1n) is 4.13. The zero-order valence-corrected chi connectivity index (χ0v) is 10.5. The van der Waals surface area contributed by atoms with Gasteiger partial charge in [-0.25, -0.2) is 4.21 Å². The molecule has 0 aliphatic heterocycles. The van der Waals surface area contributed by atoms with Crippen LogP contribution in [-0.2, 0) is 11.1 Å². The van der Waals surface area contributed by atoms with Gasteiger partial charge in [0.05, 0.1) is 11.5 Å². The molecule has 0 amide bonds. The SMILES string of the molecule is O=S(O)c1ccc(OCCCI)cc1. The zero-order valence-electron chi connectivity index (χ0n) is 7.48. The van der Waals surface area contributed by atoms with Gasteiger partial charge in [0.15, 0.2) is 11.1 Å². The van der Waals surface area contributed by atoms with E-state index in [0.29, 0.717) is 11.5 Å². The summed E-state index contributed by atoms with van der Waals surface area (Å²) in [6, 6.07) is 6.60. The molecule has 14 heavy (non-hydrogen) atoms. The quantitative estimate of drug-likeness (QED) is 0.391. The summed E-state index contributed by atoms with van der Waals surface area (Å²) in [5.41, 5.74) is 0. The van der Waals surface area contributed by atoms with Gasteiger partial charge in [0.25, 0.3) is 0 Å². The molecule has 0 aliphatic carbocycles. The van der Waals surface area contributed by atoms with E-state index in [0.717, 1.165) is 16.6 Å². The Bertz CT molecular complexity index is 299. The van der Waals surface area contributed by atoms with E-state index in [9.17, 15) is 4.21 Å². The Morgan fingerprint density at radius 3 is 2.50 bits per heavy atom. The first kappa shape index (κ1) is 11.9. The molecular weight excluding hydrogens is 315 g/mol. The van der Waals surface area contributed by atoms with Gasteiger partial charge < -0.3 is 9.29 Å². The first-order valence-corrected chi connectivity index (χ1v) is 6.77. The summed E-state index contributed by atoms with van der Waals surface area (Å²) in [6.45, 7) is 0.685. The van der Waals surface area contributed by atoms with Crippen LogP contribution in [0.3, 0.4) is 0 Å². The molecule has 1 aromatic carbocycles. The van der Waals surface area contributed by atoms with Crippen LogP contribution in [0.1, 0.15) is 6.42 Å². The summed E-state index contributed by atoms with van der Waals surface area (Å²) >= 11 is 0.390. The summed E-state index contributed by atoms with van der Waals surface area (Å²) < 4.78 is 25.9. The highest BCUT2D eigenvalue weighted by molar-refractivity contribution is 14.1. The number of ether oxygens (including phenoxy) is 1. The van der Waals surface area contributed by atoms with Gasteiger partial charge in [0, 0.05) is 4.43 Å². The fourth-order valence-corrected chi connectivity index (χ4v) is 1.58. The maximum absolute atomic E-state index is 10.6. The third-order valence-electron chi connectivity index (χ3n) is 1.57. The van der Waals surface area contributed by atoms with E-state index in [1.165, 1.54) is 0 Å². The molecular formula is C9H11IO3S. The standard InChI is InChI=1S/C9H11IO3S/c10-6-1-7-13-8-2-4-9(5-3-8)14(11)12/h2-5H,1,6-7H2,(H,11,12). The highest BCUT2D eigenvalue weighted by atomic mass is 127. The number of benzene rings is 1. The fourth-order valence-electron chi connectivity index (χ4n) is 0.897. The van der Waals surface area contributed by atoms with Crippen molar-refractivity contribution in [3.63, 3.8) is 0 Å². The van der Waals surface area contributed by atoms with Crippen LogP contribution >= 0.6 is 22.6 Å². The van der Waals surface area contributed by atoms with Crippen molar-refractivity contribution in [1.29, 1.82) is 0 Å². The lowest BCUT2D eigenvalue weighted by atomic mass is 10.3. The molecule has 1 rings (SSSR count). The number of hydrogen-bond acceptors (Lipinski definition) is 2. The van der Waals surface area contributed by atoms with Gasteiger partial charge in [-0.15, -0.1) is 0 Å². The molecule has 0 spiro atoms. The summed E-state index contributed by atoms with van der Waals surface area (Å²) in [6.07, 6.45) is 1.01. The largest absolute Gasteiger partial charge is 0.494 e. The molecule has 1 unspecified atom stereocenters. The average Bonchev–Trinajstić information content (AvgIpc) is 2.19. The van der Waals surface area contributed by atoms with E-state index in [1.807, 2.05) is 0 Å². The number of halogens is 1. The van der Waals surface area contributed by atoms with Gasteiger partial charge in [0.1, 0.15) is 5.75 Å². The molecule has 0 fully saturated rings. The van der Waals surface area contributed by atoms with Crippen molar-refractivity contribution in [1.82, 2.24) is 0 Å². The first-order chi connectivity index (χ1) is 6.74. The van der Waals surface area contributed by atoms with E-state index in [4.69, 9.17) is 9.29 Å². The summed E-state index contributed by atoms with van der Waals surface area (Å²) in [7, 11) is 0. The Hall–Kier alpha value is -0.140. The van der Waals surface area contributed by atoms with Crippen LogP contribution in [0.2, 0.25) is 0 Å². The molecule has 0 saturated heterocycles. The molecule has 0 aliphatic rings. The summed E-state index contributed by atoms with van der Waals surface area (Å²) in [5.74, 6) is 0.740. The van der Waals surface area contributed by atoms with Crippen molar-refractivity contribution < 1.29 is 13.5 Å². The van der Waals surface area contributed by atoms with Crippen LogP contribution < -0.4 is 4.74 Å². The molecule has 3 nitrogen and oxygen atoms in total. The van der Waals surface area contributed by atoms with E-state index in [-0.39, 0.29) is 0 Å². The van der Waals surface area contributed by atoms with Crippen molar-refractivity contribution in [2.24, 2.45) is 0 Å². The molecule has 0 radical (unpaired) electrons. The van der Waals surface area contributed by atoms with Crippen molar-refractivity contribution >= 4 is 33.7 Å². The third-order valence-corrected chi connectivity index (χ3v) is 3.01. The minimum Gasteiger partial charge on any atom is -0.494 e. The number of hydrogen-bond donors (Lipinski definition) is 1.